The Bertz CT molecular complexity index is 393. The van der Waals surface area contributed by atoms with Crippen LogP contribution in [0.1, 0.15) is 37.6 Å². The van der Waals surface area contributed by atoms with Gasteiger partial charge in [0.25, 0.3) is 0 Å². The highest BCUT2D eigenvalue weighted by Crippen LogP contribution is 2.30. The van der Waals surface area contributed by atoms with Gasteiger partial charge in [0.1, 0.15) is 0 Å². The van der Waals surface area contributed by atoms with Crippen LogP contribution in [0.2, 0.25) is 0 Å². The Kier molecular flexibility index (Phi) is 5.35. The molecule has 0 aliphatic carbocycles. The van der Waals surface area contributed by atoms with E-state index in [1.807, 2.05) is 12.1 Å². The van der Waals surface area contributed by atoms with Gasteiger partial charge in [-0.3, -0.25) is 0 Å². The van der Waals surface area contributed by atoms with Crippen LogP contribution in [0.4, 0.5) is 5.69 Å². The summed E-state index contributed by atoms with van der Waals surface area (Å²) in [7, 11) is 0. The number of hydrogen-bond acceptors (Lipinski definition) is 4. The van der Waals surface area contributed by atoms with Crippen molar-refractivity contribution in [1.29, 1.82) is 0 Å². The van der Waals surface area contributed by atoms with Gasteiger partial charge >= 0.3 is 5.97 Å². The van der Waals surface area contributed by atoms with E-state index in [9.17, 15) is 4.79 Å². The third kappa shape index (κ3) is 3.97. The van der Waals surface area contributed by atoms with E-state index in [1.54, 1.807) is 24.8 Å². The van der Waals surface area contributed by atoms with E-state index < -0.39 is 0 Å². The molecule has 0 spiro atoms. The second kappa shape index (κ2) is 6.55. The standard InChI is InChI=1S/C13H19NO2S/c1-4-9(3)17-12-7-6-10(14)8-11(12)13(15)16-5-2/h6-9H,4-5,14H2,1-3H3. The summed E-state index contributed by atoms with van der Waals surface area (Å²) in [5.74, 6) is -0.300. The topological polar surface area (TPSA) is 52.3 Å². The Hall–Kier alpha value is -1.16. The lowest BCUT2D eigenvalue weighted by Crippen LogP contribution is -2.08. The molecule has 1 aromatic carbocycles. The molecule has 1 aromatic rings. The number of nitrogen functional groups attached to an aromatic ring is 1. The number of ether oxygens (including phenoxy) is 1. The van der Waals surface area contributed by atoms with Crippen molar-refractivity contribution in [3.8, 4) is 0 Å². The number of carbonyl (C=O) groups excluding carboxylic acids is 1. The van der Waals surface area contributed by atoms with Crippen LogP contribution in [0.3, 0.4) is 0 Å². The fraction of sp³-hybridized carbons (Fsp3) is 0.462. The highest BCUT2D eigenvalue weighted by molar-refractivity contribution is 8.00. The summed E-state index contributed by atoms with van der Waals surface area (Å²) in [6.07, 6.45) is 1.05. The average Bonchev–Trinajstić information content (AvgIpc) is 2.31. The maximum absolute atomic E-state index is 11.8. The molecular formula is C13H19NO2S. The third-order valence-corrected chi connectivity index (χ3v) is 3.75. The fourth-order valence-electron chi connectivity index (χ4n) is 1.32. The minimum atomic E-state index is -0.300. The van der Waals surface area contributed by atoms with Crippen molar-refractivity contribution in [2.75, 3.05) is 12.3 Å². The predicted octanol–water partition coefficient (Wildman–Crippen LogP) is 3.34. The zero-order valence-corrected chi connectivity index (χ0v) is 11.3. The first-order valence-electron chi connectivity index (χ1n) is 5.81. The van der Waals surface area contributed by atoms with Gasteiger partial charge in [-0.05, 0) is 31.5 Å². The van der Waals surface area contributed by atoms with Gasteiger partial charge in [-0.15, -0.1) is 11.8 Å². The minimum Gasteiger partial charge on any atom is -0.462 e. The molecule has 1 atom stereocenters. The molecule has 1 unspecified atom stereocenters. The molecule has 94 valence electrons. The maximum Gasteiger partial charge on any atom is 0.339 e. The summed E-state index contributed by atoms with van der Waals surface area (Å²) in [5, 5.41) is 0.465. The first-order valence-corrected chi connectivity index (χ1v) is 6.69. The lowest BCUT2D eigenvalue weighted by atomic mass is 10.2. The molecule has 4 heteroatoms. The maximum atomic E-state index is 11.8. The molecule has 0 aliphatic rings. The van der Waals surface area contributed by atoms with Crippen LogP contribution in [0.15, 0.2) is 23.1 Å². The fourth-order valence-corrected chi connectivity index (χ4v) is 2.33. The summed E-state index contributed by atoms with van der Waals surface area (Å²) in [4.78, 5) is 12.7. The van der Waals surface area contributed by atoms with Gasteiger partial charge in [0, 0.05) is 15.8 Å². The van der Waals surface area contributed by atoms with Crippen LogP contribution in [0, 0.1) is 0 Å². The Morgan fingerprint density at radius 1 is 1.47 bits per heavy atom. The quantitative estimate of drug-likeness (QED) is 0.497. The number of anilines is 1. The van der Waals surface area contributed by atoms with Crippen LogP contribution < -0.4 is 5.73 Å². The molecule has 0 saturated heterocycles. The molecule has 17 heavy (non-hydrogen) atoms. The molecule has 0 heterocycles. The third-order valence-electron chi connectivity index (χ3n) is 2.40. The Morgan fingerprint density at radius 2 is 2.18 bits per heavy atom. The molecule has 0 fully saturated rings. The van der Waals surface area contributed by atoms with Crippen molar-refractivity contribution in [3.63, 3.8) is 0 Å². The molecule has 0 saturated carbocycles. The monoisotopic (exact) mass is 253 g/mol. The molecule has 0 amide bonds. The number of hydrogen-bond donors (Lipinski definition) is 1. The summed E-state index contributed by atoms with van der Waals surface area (Å²) in [6, 6.07) is 5.38. The van der Waals surface area contributed by atoms with Crippen LogP contribution in [0.5, 0.6) is 0 Å². The van der Waals surface area contributed by atoms with E-state index in [0.29, 0.717) is 23.1 Å². The van der Waals surface area contributed by atoms with Crippen LogP contribution in [0.25, 0.3) is 0 Å². The molecule has 0 aliphatic heterocycles. The van der Waals surface area contributed by atoms with Crippen LogP contribution >= 0.6 is 11.8 Å². The van der Waals surface area contributed by atoms with E-state index >= 15 is 0 Å². The van der Waals surface area contributed by atoms with Crippen molar-refractivity contribution in [1.82, 2.24) is 0 Å². The predicted molar refractivity (Wildman–Crippen MR) is 72.4 cm³/mol. The summed E-state index contributed by atoms with van der Waals surface area (Å²) < 4.78 is 5.03. The first kappa shape index (κ1) is 13.9. The van der Waals surface area contributed by atoms with Gasteiger partial charge in [-0.1, -0.05) is 13.8 Å². The van der Waals surface area contributed by atoms with Crippen LogP contribution in [-0.2, 0) is 4.74 Å². The van der Waals surface area contributed by atoms with E-state index in [1.165, 1.54) is 0 Å². The van der Waals surface area contributed by atoms with E-state index in [-0.39, 0.29) is 5.97 Å². The molecule has 0 radical (unpaired) electrons. The Morgan fingerprint density at radius 3 is 2.76 bits per heavy atom. The summed E-state index contributed by atoms with van der Waals surface area (Å²) >= 11 is 1.68. The van der Waals surface area contributed by atoms with Gasteiger partial charge < -0.3 is 10.5 Å². The highest BCUT2D eigenvalue weighted by atomic mass is 32.2. The van der Waals surface area contributed by atoms with Gasteiger partial charge in [0.05, 0.1) is 12.2 Å². The largest absolute Gasteiger partial charge is 0.462 e. The lowest BCUT2D eigenvalue weighted by molar-refractivity contribution is 0.0522. The van der Waals surface area contributed by atoms with E-state index in [2.05, 4.69) is 13.8 Å². The SMILES string of the molecule is CCOC(=O)c1cc(N)ccc1SC(C)CC. The number of benzene rings is 1. The number of carbonyl (C=O) groups is 1. The minimum absolute atomic E-state index is 0.300. The first-order chi connectivity index (χ1) is 8.08. The zero-order valence-electron chi connectivity index (χ0n) is 10.5. The van der Waals surface area contributed by atoms with E-state index in [4.69, 9.17) is 10.5 Å². The number of esters is 1. The second-order valence-corrected chi connectivity index (χ2v) is 5.29. The average molecular weight is 253 g/mol. The Labute approximate surface area is 107 Å². The highest BCUT2D eigenvalue weighted by Gasteiger charge is 2.15. The zero-order chi connectivity index (χ0) is 12.8. The van der Waals surface area contributed by atoms with Gasteiger partial charge in [0.15, 0.2) is 0 Å². The molecule has 3 nitrogen and oxygen atoms in total. The summed E-state index contributed by atoms with van der Waals surface area (Å²) in [5.41, 5.74) is 6.86. The van der Waals surface area contributed by atoms with Crippen molar-refractivity contribution < 1.29 is 9.53 Å². The van der Waals surface area contributed by atoms with Crippen molar-refractivity contribution in [2.45, 2.75) is 37.3 Å². The van der Waals surface area contributed by atoms with Crippen LogP contribution in [-0.4, -0.2) is 17.8 Å². The number of rotatable bonds is 5. The van der Waals surface area contributed by atoms with E-state index in [0.717, 1.165) is 11.3 Å². The van der Waals surface area contributed by atoms with Gasteiger partial charge in [-0.2, -0.15) is 0 Å². The lowest BCUT2D eigenvalue weighted by Gasteiger charge is -2.12. The number of thioether (sulfide) groups is 1. The molecule has 1 rings (SSSR count). The molecular weight excluding hydrogens is 234 g/mol. The van der Waals surface area contributed by atoms with Crippen molar-refractivity contribution >= 4 is 23.4 Å². The van der Waals surface area contributed by atoms with Gasteiger partial charge in [-0.25, -0.2) is 4.79 Å². The summed E-state index contributed by atoms with van der Waals surface area (Å²) in [6.45, 7) is 6.43. The van der Waals surface area contributed by atoms with Crippen molar-refractivity contribution in [2.24, 2.45) is 0 Å². The second-order valence-electron chi connectivity index (χ2n) is 3.81. The number of nitrogens with two attached hydrogens (primary N) is 1. The van der Waals surface area contributed by atoms with Gasteiger partial charge in [0.2, 0.25) is 0 Å². The normalized spacial score (nSPS) is 12.2. The Balaban J connectivity index is 2.99. The molecule has 0 aromatic heterocycles. The molecule has 2 N–H and O–H groups in total. The van der Waals surface area contributed by atoms with Crippen molar-refractivity contribution in [3.05, 3.63) is 23.8 Å². The smallest absolute Gasteiger partial charge is 0.339 e. The molecule has 0 bridgehead atoms.